The lowest BCUT2D eigenvalue weighted by Gasteiger charge is -2.17. The first-order valence-corrected chi connectivity index (χ1v) is 9.59. The van der Waals surface area contributed by atoms with E-state index >= 15 is 0 Å². The van der Waals surface area contributed by atoms with Crippen LogP contribution < -0.4 is 15.5 Å². The maximum atomic E-state index is 12.7. The highest BCUT2D eigenvalue weighted by Crippen LogP contribution is 2.30. The lowest BCUT2D eigenvalue weighted by atomic mass is 10.1. The zero-order chi connectivity index (χ0) is 20.3. The number of hydrogen-bond donors (Lipinski definition) is 2. The molecule has 146 valence electrons. The number of benzene rings is 2. The highest BCUT2D eigenvalue weighted by molar-refractivity contribution is 6.34. The molecule has 0 bridgehead atoms. The first-order chi connectivity index (χ1) is 13.4. The summed E-state index contributed by atoms with van der Waals surface area (Å²) in [7, 11) is 0. The second kappa shape index (κ2) is 8.63. The molecular formula is C20H19Cl2N3O3. The van der Waals surface area contributed by atoms with E-state index in [-0.39, 0.29) is 30.7 Å². The number of nitrogens with one attached hydrogen (secondary N) is 2. The van der Waals surface area contributed by atoms with Gasteiger partial charge in [-0.2, -0.15) is 0 Å². The Morgan fingerprint density at radius 2 is 1.93 bits per heavy atom. The van der Waals surface area contributed by atoms with E-state index in [0.717, 1.165) is 0 Å². The van der Waals surface area contributed by atoms with Crippen molar-refractivity contribution in [2.75, 3.05) is 22.1 Å². The molecule has 28 heavy (non-hydrogen) atoms. The van der Waals surface area contributed by atoms with Crippen LogP contribution in [0.3, 0.4) is 0 Å². The van der Waals surface area contributed by atoms with Crippen molar-refractivity contribution in [1.82, 2.24) is 0 Å². The van der Waals surface area contributed by atoms with Crippen LogP contribution in [0.15, 0.2) is 42.5 Å². The summed E-state index contributed by atoms with van der Waals surface area (Å²) in [5, 5.41) is 6.35. The van der Waals surface area contributed by atoms with E-state index in [1.165, 1.54) is 0 Å². The molecule has 0 saturated carbocycles. The zero-order valence-corrected chi connectivity index (χ0v) is 16.7. The molecule has 6 nitrogen and oxygen atoms in total. The second-order valence-electron chi connectivity index (χ2n) is 6.47. The third-order valence-corrected chi connectivity index (χ3v) is 5.01. The summed E-state index contributed by atoms with van der Waals surface area (Å²) in [5.74, 6) is -1.11. The van der Waals surface area contributed by atoms with Gasteiger partial charge in [0, 0.05) is 35.8 Å². The molecule has 1 fully saturated rings. The average Bonchev–Trinajstić information content (AvgIpc) is 3.06. The Morgan fingerprint density at radius 3 is 2.64 bits per heavy atom. The maximum Gasteiger partial charge on any atom is 0.229 e. The quantitative estimate of drug-likeness (QED) is 0.756. The highest BCUT2D eigenvalue weighted by Gasteiger charge is 2.35. The topological polar surface area (TPSA) is 78.5 Å². The molecule has 2 N–H and O–H groups in total. The van der Waals surface area contributed by atoms with Crippen molar-refractivity contribution >= 4 is 58.0 Å². The summed E-state index contributed by atoms with van der Waals surface area (Å²) in [5.41, 5.74) is 1.58. The molecule has 1 atom stereocenters. The Balaban J connectivity index is 1.71. The average molecular weight is 420 g/mol. The lowest BCUT2D eigenvalue weighted by molar-refractivity contribution is -0.122. The van der Waals surface area contributed by atoms with Gasteiger partial charge >= 0.3 is 0 Å². The number of nitrogens with zero attached hydrogens (tertiary/aromatic N) is 1. The molecule has 1 unspecified atom stereocenters. The number of hydrogen-bond acceptors (Lipinski definition) is 3. The minimum atomic E-state index is -0.517. The van der Waals surface area contributed by atoms with E-state index < -0.39 is 5.92 Å². The predicted molar refractivity (Wildman–Crippen MR) is 111 cm³/mol. The first-order valence-electron chi connectivity index (χ1n) is 8.83. The van der Waals surface area contributed by atoms with Crippen molar-refractivity contribution in [1.29, 1.82) is 0 Å². The molecule has 1 aliphatic heterocycles. The van der Waals surface area contributed by atoms with Gasteiger partial charge in [0.15, 0.2) is 0 Å². The Labute approximate surface area is 172 Å². The molecule has 3 rings (SSSR count). The smallest absolute Gasteiger partial charge is 0.229 e. The van der Waals surface area contributed by atoms with Crippen molar-refractivity contribution in [3.05, 3.63) is 52.5 Å². The highest BCUT2D eigenvalue weighted by atomic mass is 35.5. The third-order valence-electron chi connectivity index (χ3n) is 4.44. The minimum absolute atomic E-state index is 0.0994. The summed E-state index contributed by atoms with van der Waals surface area (Å²) in [4.78, 5) is 38.1. The molecule has 2 aromatic carbocycles. The number of rotatable bonds is 5. The van der Waals surface area contributed by atoms with E-state index in [2.05, 4.69) is 10.6 Å². The maximum absolute atomic E-state index is 12.7. The largest absolute Gasteiger partial charge is 0.326 e. The van der Waals surface area contributed by atoms with Gasteiger partial charge in [-0.25, -0.2) is 0 Å². The monoisotopic (exact) mass is 419 g/mol. The van der Waals surface area contributed by atoms with Gasteiger partial charge in [0.2, 0.25) is 17.7 Å². The van der Waals surface area contributed by atoms with Crippen LogP contribution >= 0.6 is 23.2 Å². The summed E-state index contributed by atoms with van der Waals surface area (Å²) in [6, 6.07) is 11.8. The van der Waals surface area contributed by atoms with Gasteiger partial charge in [-0.05, 0) is 36.4 Å². The standard InChI is InChI=1S/C20H19Cl2N3O3/c1-2-18(26)23-14-6-7-16(22)17(10-14)24-20(28)12-8-19(27)25(11-12)15-5-3-4-13(21)9-15/h3-7,9-10,12H,2,8,11H2,1H3,(H,23,26)(H,24,28). The van der Waals surface area contributed by atoms with Gasteiger partial charge in [-0.15, -0.1) is 0 Å². The molecular weight excluding hydrogens is 401 g/mol. The number of carbonyl (C=O) groups excluding carboxylic acids is 3. The Hall–Kier alpha value is -2.57. The summed E-state index contributed by atoms with van der Waals surface area (Å²) in [6.07, 6.45) is 0.441. The minimum Gasteiger partial charge on any atom is -0.326 e. The van der Waals surface area contributed by atoms with Crippen molar-refractivity contribution in [2.45, 2.75) is 19.8 Å². The summed E-state index contributed by atoms with van der Waals surface area (Å²) >= 11 is 12.2. The molecule has 1 aliphatic rings. The molecule has 0 radical (unpaired) electrons. The number of anilines is 3. The van der Waals surface area contributed by atoms with E-state index in [9.17, 15) is 14.4 Å². The molecule has 0 aliphatic carbocycles. The SMILES string of the molecule is CCC(=O)Nc1ccc(Cl)c(NC(=O)C2CC(=O)N(c3cccc(Cl)c3)C2)c1. The normalized spacial score (nSPS) is 16.2. The van der Waals surface area contributed by atoms with Crippen LogP contribution in [-0.2, 0) is 14.4 Å². The first kappa shape index (κ1) is 20.2. The van der Waals surface area contributed by atoms with Gasteiger partial charge in [-0.3, -0.25) is 14.4 Å². The van der Waals surface area contributed by atoms with E-state index in [1.807, 2.05) is 0 Å². The Bertz CT molecular complexity index is 933. The fourth-order valence-corrected chi connectivity index (χ4v) is 3.31. The predicted octanol–water partition coefficient (Wildman–Crippen LogP) is 4.33. The molecule has 0 spiro atoms. The fourth-order valence-electron chi connectivity index (χ4n) is 2.96. The van der Waals surface area contributed by atoms with Crippen LogP contribution in [0.5, 0.6) is 0 Å². The number of amides is 3. The Kier molecular flexibility index (Phi) is 6.21. The van der Waals surface area contributed by atoms with Gasteiger partial charge in [0.1, 0.15) is 0 Å². The van der Waals surface area contributed by atoms with Crippen LogP contribution in [-0.4, -0.2) is 24.3 Å². The van der Waals surface area contributed by atoms with Crippen LogP contribution in [0, 0.1) is 5.92 Å². The second-order valence-corrected chi connectivity index (χ2v) is 7.31. The lowest BCUT2D eigenvalue weighted by Crippen LogP contribution is -2.28. The van der Waals surface area contributed by atoms with Crippen LogP contribution in [0.1, 0.15) is 19.8 Å². The van der Waals surface area contributed by atoms with Gasteiger partial charge in [0.05, 0.1) is 16.6 Å². The molecule has 1 heterocycles. The summed E-state index contributed by atoms with van der Waals surface area (Å²) < 4.78 is 0. The number of halogens is 2. The van der Waals surface area contributed by atoms with Crippen molar-refractivity contribution < 1.29 is 14.4 Å². The van der Waals surface area contributed by atoms with Gasteiger partial charge < -0.3 is 15.5 Å². The number of carbonyl (C=O) groups is 3. The zero-order valence-electron chi connectivity index (χ0n) is 15.2. The van der Waals surface area contributed by atoms with Crippen molar-refractivity contribution in [3.8, 4) is 0 Å². The molecule has 1 saturated heterocycles. The van der Waals surface area contributed by atoms with Crippen LogP contribution in [0.4, 0.5) is 17.1 Å². The summed E-state index contributed by atoms with van der Waals surface area (Å²) in [6.45, 7) is 2.01. The van der Waals surface area contributed by atoms with Crippen molar-refractivity contribution in [2.24, 2.45) is 5.92 Å². The third kappa shape index (κ3) is 4.64. The van der Waals surface area contributed by atoms with Crippen LogP contribution in [0.25, 0.3) is 0 Å². The van der Waals surface area contributed by atoms with Gasteiger partial charge in [0.25, 0.3) is 0 Å². The van der Waals surface area contributed by atoms with E-state index in [4.69, 9.17) is 23.2 Å². The fraction of sp³-hybridized carbons (Fsp3) is 0.250. The van der Waals surface area contributed by atoms with Gasteiger partial charge in [-0.1, -0.05) is 36.2 Å². The van der Waals surface area contributed by atoms with E-state index in [1.54, 1.807) is 54.3 Å². The van der Waals surface area contributed by atoms with E-state index in [0.29, 0.717) is 33.5 Å². The molecule has 2 aromatic rings. The van der Waals surface area contributed by atoms with Crippen molar-refractivity contribution in [3.63, 3.8) is 0 Å². The molecule has 8 heteroatoms. The molecule has 3 amide bonds. The van der Waals surface area contributed by atoms with Crippen LogP contribution in [0.2, 0.25) is 10.0 Å². The Morgan fingerprint density at radius 1 is 1.14 bits per heavy atom. The molecule has 0 aromatic heterocycles.